The van der Waals surface area contributed by atoms with Crippen molar-refractivity contribution in [1.82, 2.24) is 14.8 Å². The summed E-state index contributed by atoms with van der Waals surface area (Å²) in [6, 6.07) is 9.72. The first-order valence-corrected chi connectivity index (χ1v) is 9.62. The van der Waals surface area contributed by atoms with Crippen molar-refractivity contribution in [1.29, 1.82) is 0 Å². The number of alkyl halides is 3. The monoisotopic (exact) mass is 433 g/mol. The van der Waals surface area contributed by atoms with Crippen molar-refractivity contribution in [3.05, 3.63) is 83.0 Å². The van der Waals surface area contributed by atoms with Crippen LogP contribution in [-0.2, 0) is 24.1 Å². The molecule has 0 spiro atoms. The molecule has 3 aromatic heterocycles. The van der Waals surface area contributed by atoms with Crippen LogP contribution in [0.4, 0.5) is 13.2 Å². The smallest absolute Gasteiger partial charge is 0.416 e. The van der Waals surface area contributed by atoms with Gasteiger partial charge in [-0.3, -0.25) is 4.68 Å². The van der Waals surface area contributed by atoms with E-state index in [9.17, 15) is 18.0 Å². The van der Waals surface area contributed by atoms with Crippen molar-refractivity contribution in [2.24, 2.45) is 0 Å². The third kappa shape index (κ3) is 4.60. The van der Waals surface area contributed by atoms with Crippen molar-refractivity contribution in [2.75, 3.05) is 0 Å². The number of nitrogens with zero attached hydrogens (tertiary/aromatic N) is 3. The summed E-state index contributed by atoms with van der Waals surface area (Å²) < 4.78 is 50.3. The van der Waals surface area contributed by atoms with E-state index in [0.717, 1.165) is 12.1 Å². The van der Waals surface area contributed by atoms with Gasteiger partial charge in [-0.1, -0.05) is 12.1 Å². The molecular formula is C20H14F3N3O3S. The average Bonchev–Trinajstić information content (AvgIpc) is 3.48. The number of hydrogen-bond acceptors (Lipinski definition) is 6. The molecular weight excluding hydrogens is 419 g/mol. The third-order valence-electron chi connectivity index (χ3n) is 4.10. The van der Waals surface area contributed by atoms with E-state index in [1.165, 1.54) is 29.5 Å². The van der Waals surface area contributed by atoms with Crippen molar-refractivity contribution in [3.63, 3.8) is 0 Å². The van der Waals surface area contributed by atoms with E-state index >= 15 is 0 Å². The molecule has 0 bridgehead atoms. The van der Waals surface area contributed by atoms with Gasteiger partial charge in [0.25, 0.3) is 0 Å². The van der Waals surface area contributed by atoms with Crippen LogP contribution >= 0.6 is 11.3 Å². The van der Waals surface area contributed by atoms with Gasteiger partial charge in [0.15, 0.2) is 0 Å². The fourth-order valence-electron chi connectivity index (χ4n) is 2.64. The van der Waals surface area contributed by atoms with Crippen molar-refractivity contribution in [2.45, 2.75) is 19.3 Å². The molecule has 0 aliphatic heterocycles. The fraction of sp³-hybridized carbons (Fsp3) is 0.150. The van der Waals surface area contributed by atoms with Crippen LogP contribution in [0.3, 0.4) is 0 Å². The average molecular weight is 433 g/mol. The van der Waals surface area contributed by atoms with E-state index in [1.54, 1.807) is 34.6 Å². The third-order valence-corrected chi connectivity index (χ3v) is 5.04. The first-order chi connectivity index (χ1) is 14.4. The lowest BCUT2D eigenvalue weighted by atomic mass is 10.1. The summed E-state index contributed by atoms with van der Waals surface area (Å²) in [4.78, 5) is 16.5. The van der Waals surface area contributed by atoms with Gasteiger partial charge in [0.05, 0.1) is 17.8 Å². The fourth-order valence-corrected chi connectivity index (χ4v) is 3.46. The quantitative estimate of drug-likeness (QED) is 0.399. The summed E-state index contributed by atoms with van der Waals surface area (Å²) in [5, 5.41) is 6.29. The molecule has 0 saturated carbocycles. The molecule has 4 rings (SSSR count). The van der Waals surface area contributed by atoms with Crippen molar-refractivity contribution >= 4 is 17.3 Å². The van der Waals surface area contributed by atoms with Gasteiger partial charge < -0.3 is 9.15 Å². The standard InChI is InChI=1S/C20H14F3N3O3S/c21-20(22,23)14-4-2-13(3-5-14)18-25-15(12-30-18)11-28-19(27)17-7-6-16(29-17)10-26-9-1-8-24-26/h1-9,12H,10-11H2. The highest BCUT2D eigenvalue weighted by atomic mass is 32.1. The molecule has 30 heavy (non-hydrogen) atoms. The van der Waals surface area contributed by atoms with E-state index in [2.05, 4.69) is 10.1 Å². The Hall–Kier alpha value is -3.40. The highest BCUT2D eigenvalue weighted by molar-refractivity contribution is 7.13. The minimum atomic E-state index is -4.38. The SMILES string of the molecule is O=C(OCc1csc(-c2ccc(C(F)(F)F)cc2)n1)c1ccc(Cn2cccn2)o1. The van der Waals surface area contributed by atoms with Gasteiger partial charge in [-0.2, -0.15) is 18.3 Å². The second kappa shape index (κ2) is 8.15. The van der Waals surface area contributed by atoms with Gasteiger partial charge in [-0.05, 0) is 30.3 Å². The lowest BCUT2D eigenvalue weighted by Gasteiger charge is -2.06. The predicted octanol–water partition coefficient (Wildman–Crippen LogP) is 5.02. The zero-order valence-electron chi connectivity index (χ0n) is 15.3. The Morgan fingerprint density at radius 3 is 2.67 bits per heavy atom. The molecule has 0 unspecified atom stereocenters. The number of esters is 1. The Balaban J connectivity index is 1.35. The van der Waals surface area contributed by atoms with Crippen LogP contribution in [0.1, 0.15) is 27.6 Å². The number of ether oxygens (including phenoxy) is 1. The maximum atomic E-state index is 12.7. The molecule has 0 radical (unpaired) electrons. The number of furan rings is 1. The van der Waals surface area contributed by atoms with Crippen LogP contribution in [0, 0.1) is 0 Å². The van der Waals surface area contributed by atoms with Gasteiger partial charge in [0.2, 0.25) is 5.76 Å². The lowest BCUT2D eigenvalue weighted by molar-refractivity contribution is -0.137. The van der Waals surface area contributed by atoms with Gasteiger partial charge in [0, 0.05) is 23.3 Å². The first-order valence-electron chi connectivity index (χ1n) is 8.74. The Kier molecular flexibility index (Phi) is 5.40. The van der Waals surface area contributed by atoms with Gasteiger partial charge in [-0.25, -0.2) is 9.78 Å². The van der Waals surface area contributed by atoms with E-state index in [0.29, 0.717) is 28.6 Å². The molecule has 10 heteroatoms. The van der Waals surface area contributed by atoms with Crippen LogP contribution in [-0.4, -0.2) is 20.7 Å². The van der Waals surface area contributed by atoms with Crippen LogP contribution in [0.25, 0.3) is 10.6 Å². The highest BCUT2D eigenvalue weighted by Gasteiger charge is 2.30. The van der Waals surface area contributed by atoms with E-state index in [1.807, 2.05) is 0 Å². The topological polar surface area (TPSA) is 70.2 Å². The molecule has 6 nitrogen and oxygen atoms in total. The first kappa shape index (κ1) is 19.9. The summed E-state index contributed by atoms with van der Waals surface area (Å²) in [6.45, 7) is 0.314. The molecule has 0 N–H and O–H groups in total. The number of aromatic nitrogens is 3. The second-order valence-corrected chi connectivity index (χ2v) is 7.12. The molecule has 4 aromatic rings. The molecule has 0 saturated heterocycles. The number of benzene rings is 1. The number of carbonyl (C=O) groups excluding carboxylic acids is 1. The van der Waals surface area contributed by atoms with Crippen LogP contribution in [0.2, 0.25) is 0 Å². The summed E-state index contributed by atoms with van der Waals surface area (Å²) in [6.07, 6.45) is -0.965. The minimum absolute atomic E-state index is 0.0651. The Morgan fingerprint density at radius 1 is 1.17 bits per heavy atom. The lowest BCUT2D eigenvalue weighted by Crippen LogP contribution is -2.04. The van der Waals surface area contributed by atoms with Gasteiger partial charge in [-0.15, -0.1) is 11.3 Å². The summed E-state index contributed by atoms with van der Waals surface area (Å²) in [5.74, 6) is -0.00922. The Morgan fingerprint density at radius 2 is 1.97 bits per heavy atom. The molecule has 3 heterocycles. The number of carbonyl (C=O) groups is 1. The van der Waals surface area contributed by atoms with E-state index < -0.39 is 17.7 Å². The highest BCUT2D eigenvalue weighted by Crippen LogP contribution is 2.31. The van der Waals surface area contributed by atoms with E-state index in [-0.39, 0.29) is 12.4 Å². The second-order valence-electron chi connectivity index (χ2n) is 6.26. The summed E-state index contributed by atoms with van der Waals surface area (Å²) >= 11 is 1.25. The number of thiazole rings is 1. The van der Waals surface area contributed by atoms with Crippen LogP contribution in [0.5, 0.6) is 0 Å². The molecule has 0 fully saturated rings. The summed E-state index contributed by atoms with van der Waals surface area (Å²) in [5.41, 5.74) is 0.328. The summed E-state index contributed by atoms with van der Waals surface area (Å²) in [7, 11) is 0. The maximum absolute atomic E-state index is 12.7. The zero-order valence-corrected chi connectivity index (χ0v) is 16.1. The number of rotatable bonds is 6. The molecule has 154 valence electrons. The number of hydrogen-bond donors (Lipinski definition) is 0. The molecule has 0 aliphatic carbocycles. The van der Waals surface area contributed by atoms with Crippen molar-refractivity contribution in [3.8, 4) is 10.6 Å². The molecule has 0 atom stereocenters. The van der Waals surface area contributed by atoms with Gasteiger partial charge >= 0.3 is 12.1 Å². The maximum Gasteiger partial charge on any atom is 0.416 e. The predicted molar refractivity (Wildman–Crippen MR) is 102 cm³/mol. The number of halogens is 3. The van der Waals surface area contributed by atoms with Gasteiger partial charge in [0.1, 0.15) is 17.4 Å². The zero-order chi connectivity index (χ0) is 21.1. The van der Waals surface area contributed by atoms with E-state index in [4.69, 9.17) is 9.15 Å². The molecule has 1 aromatic carbocycles. The van der Waals surface area contributed by atoms with Crippen LogP contribution < -0.4 is 0 Å². The molecule has 0 aliphatic rings. The van der Waals surface area contributed by atoms with Crippen LogP contribution in [0.15, 0.2) is 64.7 Å². The molecule has 0 amide bonds. The van der Waals surface area contributed by atoms with Crippen molar-refractivity contribution < 1.29 is 27.1 Å². The Labute approximate surface area is 172 Å². The minimum Gasteiger partial charge on any atom is -0.453 e. The normalized spacial score (nSPS) is 11.6. The Bertz CT molecular complexity index is 1130. The largest absolute Gasteiger partial charge is 0.453 e.